The molecule has 2 nitrogen and oxygen atoms in total. The zero-order valence-corrected chi connectivity index (χ0v) is 11.8. The van der Waals surface area contributed by atoms with E-state index in [4.69, 9.17) is 4.74 Å². The van der Waals surface area contributed by atoms with Crippen molar-refractivity contribution in [1.29, 1.82) is 0 Å². The van der Waals surface area contributed by atoms with Crippen molar-refractivity contribution in [2.45, 2.75) is 45.6 Å². The van der Waals surface area contributed by atoms with E-state index in [9.17, 15) is 0 Å². The molecule has 1 saturated carbocycles. The lowest BCUT2D eigenvalue weighted by Gasteiger charge is -2.12. The number of aromatic nitrogens is 1. The molecule has 0 N–H and O–H groups in total. The third kappa shape index (κ3) is 2.63. The van der Waals surface area contributed by atoms with Crippen molar-refractivity contribution in [3.63, 3.8) is 0 Å². The van der Waals surface area contributed by atoms with Gasteiger partial charge in [0.15, 0.2) is 0 Å². The van der Waals surface area contributed by atoms with Crippen LogP contribution in [0.1, 0.15) is 39.0 Å². The van der Waals surface area contributed by atoms with Gasteiger partial charge < -0.3 is 9.30 Å². The molecule has 102 valence electrons. The van der Waals surface area contributed by atoms with Crippen molar-refractivity contribution >= 4 is 10.9 Å². The fraction of sp³-hybridized carbons (Fsp3) is 0.529. The summed E-state index contributed by atoms with van der Waals surface area (Å²) >= 11 is 0. The maximum Gasteiger partial charge on any atom is 0.128 e. The summed E-state index contributed by atoms with van der Waals surface area (Å²) in [5.41, 5.74) is 1.32. The Balaban J connectivity index is 1.85. The Morgan fingerprint density at radius 1 is 1.21 bits per heavy atom. The van der Waals surface area contributed by atoms with Crippen LogP contribution in [0, 0.1) is 5.92 Å². The average molecular weight is 257 g/mol. The van der Waals surface area contributed by atoms with Crippen molar-refractivity contribution in [3.05, 3.63) is 30.5 Å². The molecule has 0 unspecified atom stereocenters. The number of ether oxygens (including phenoxy) is 1. The first kappa shape index (κ1) is 12.6. The minimum atomic E-state index is 0.799. The average Bonchev–Trinajstić information content (AvgIpc) is 3.07. The Bertz CT molecular complexity index is 537. The second kappa shape index (κ2) is 5.68. The summed E-state index contributed by atoms with van der Waals surface area (Å²) in [6.07, 6.45) is 8.89. The summed E-state index contributed by atoms with van der Waals surface area (Å²) in [4.78, 5) is 0. The molecule has 0 bridgehead atoms. The van der Waals surface area contributed by atoms with E-state index in [0.717, 1.165) is 24.7 Å². The van der Waals surface area contributed by atoms with Gasteiger partial charge in [0.1, 0.15) is 5.75 Å². The summed E-state index contributed by atoms with van der Waals surface area (Å²) < 4.78 is 8.25. The highest BCUT2D eigenvalue weighted by Crippen LogP contribution is 2.30. The molecule has 1 heterocycles. The second-order valence-electron chi connectivity index (χ2n) is 5.66. The van der Waals surface area contributed by atoms with E-state index in [0.29, 0.717) is 0 Å². The third-order valence-corrected chi connectivity index (χ3v) is 4.17. The number of benzene rings is 1. The van der Waals surface area contributed by atoms with Gasteiger partial charge in [0.25, 0.3) is 0 Å². The molecule has 1 aliphatic rings. The van der Waals surface area contributed by atoms with Crippen LogP contribution in [0.15, 0.2) is 30.5 Å². The van der Waals surface area contributed by atoms with Gasteiger partial charge in [-0.05, 0) is 43.4 Å². The van der Waals surface area contributed by atoms with Crippen LogP contribution in [0.5, 0.6) is 5.75 Å². The van der Waals surface area contributed by atoms with Crippen molar-refractivity contribution in [2.75, 3.05) is 6.61 Å². The highest BCUT2D eigenvalue weighted by Gasteiger charge is 2.16. The zero-order valence-electron chi connectivity index (χ0n) is 11.8. The second-order valence-corrected chi connectivity index (χ2v) is 5.66. The molecule has 0 aliphatic heterocycles. The lowest BCUT2D eigenvalue weighted by atomic mass is 10.1. The standard InChI is InChI=1S/C17H23NO/c1-2-12-19-17-9-5-8-16-15(17)10-11-18(16)13-14-6-3-4-7-14/h5,8-11,14H,2-4,6-7,12-13H2,1H3. The quantitative estimate of drug-likeness (QED) is 0.762. The molecule has 0 saturated heterocycles. The van der Waals surface area contributed by atoms with E-state index in [1.54, 1.807) is 0 Å². The molecule has 1 aliphatic carbocycles. The minimum absolute atomic E-state index is 0.799. The molecular formula is C17H23NO. The minimum Gasteiger partial charge on any atom is -0.493 e. The third-order valence-electron chi connectivity index (χ3n) is 4.17. The van der Waals surface area contributed by atoms with E-state index in [1.807, 2.05) is 0 Å². The van der Waals surface area contributed by atoms with Crippen LogP contribution in [0.4, 0.5) is 0 Å². The van der Waals surface area contributed by atoms with Crippen molar-refractivity contribution in [3.8, 4) is 5.75 Å². The highest BCUT2D eigenvalue weighted by molar-refractivity contribution is 5.86. The van der Waals surface area contributed by atoms with Gasteiger partial charge in [-0.3, -0.25) is 0 Å². The number of fused-ring (bicyclic) bond motifs is 1. The van der Waals surface area contributed by atoms with Gasteiger partial charge in [-0.25, -0.2) is 0 Å². The number of rotatable bonds is 5. The van der Waals surface area contributed by atoms with Gasteiger partial charge in [0.2, 0.25) is 0 Å². The largest absolute Gasteiger partial charge is 0.493 e. The van der Waals surface area contributed by atoms with Gasteiger partial charge >= 0.3 is 0 Å². The summed E-state index contributed by atoms with van der Waals surface area (Å²) in [6, 6.07) is 8.61. The van der Waals surface area contributed by atoms with Crippen LogP contribution in [0.2, 0.25) is 0 Å². The highest BCUT2D eigenvalue weighted by atomic mass is 16.5. The van der Waals surface area contributed by atoms with Crippen LogP contribution in [0.25, 0.3) is 10.9 Å². The summed E-state index contributed by atoms with van der Waals surface area (Å²) in [5, 5.41) is 1.26. The fourth-order valence-electron chi connectivity index (χ4n) is 3.16. The summed E-state index contributed by atoms with van der Waals surface area (Å²) in [5.74, 6) is 1.90. The molecule has 1 aromatic carbocycles. The molecule has 0 atom stereocenters. The Kier molecular flexibility index (Phi) is 3.77. The van der Waals surface area contributed by atoms with Gasteiger partial charge in [0, 0.05) is 18.1 Å². The van der Waals surface area contributed by atoms with Gasteiger partial charge in [0.05, 0.1) is 12.1 Å². The molecule has 1 aromatic heterocycles. The first-order valence-corrected chi connectivity index (χ1v) is 7.59. The lowest BCUT2D eigenvalue weighted by molar-refractivity contribution is 0.321. The molecule has 3 rings (SSSR count). The van der Waals surface area contributed by atoms with Gasteiger partial charge in [-0.2, -0.15) is 0 Å². The van der Waals surface area contributed by atoms with Crippen LogP contribution in [0.3, 0.4) is 0 Å². The predicted octanol–water partition coefficient (Wildman–Crippen LogP) is 4.62. The first-order chi connectivity index (χ1) is 9.38. The van der Waals surface area contributed by atoms with Gasteiger partial charge in [-0.1, -0.05) is 25.8 Å². The maximum atomic E-state index is 5.84. The SMILES string of the molecule is CCCOc1cccc2c1ccn2CC1CCCC1. The zero-order chi connectivity index (χ0) is 13.1. The molecule has 2 heteroatoms. The molecule has 0 radical (unpaired) electrons. The van der Waals surface area contributed by atoms with Crippen molar-refractivity contribution < 1.29 is 4.74 Å². The summed E-state index contributed by atoms with van der Waals surface area (Å²) in [6.45, 7) is 4.11. The van der Waals surface area contributed by atoms with Crippen LogP contribution in [-0.4, -0.2) is 11.2 Å². The van der Waals surface area contributed by atoms with E-state index in [1.165, 1.54) is 43.1 Å². The Hall–Kier alpha value is -1.44. The van der Waals surface area contributed by atoms with Crippen molar-refractivity contribution in [2.24, 2.45) is 5.92 Å². The molecule has 2 aromatic rings. The fourth-order valence-corrected chi connectivity index (χ4v) is 3.16. The monoisotopic (exact) mass is 257 g/mol. The Morgan fingerprint density at radius 3 is 2.84 bits per heavy atom. The van der Waals surface area contributed by atoms with E-state index in [-0.39, 0.29) is 0 Å². The number of hydrogen-bond acceptors (Lipinski definition) is 1. The lowest BCUT2D eigenvalue weighted by Crippen LogP contribution is -2.05. The molecule has 19 heavy (non-hydrogen) atoms. The molecular weight excluding hydrogens is 234 g/mol. The molecule has 1 fully saturated rings. The Labute approximate surface area is 115 Å². The molecule has 0 amide bonds. The molecule has 0 spiro atoms. The van der Waals surface area contributed by atoms with E-state index >= 15 is 0 Å². The van der Waals surface area contributed by atoms with Crippen LogP contribution >= 0.6 is 0 Å². The van der Waals surface area contributed by atoms with E-state index < -0.39 is 0 Å². The summed E-state index contributed by atoms with van der Waals surface area (Å²) in [7, 11) is 0. The van der Waals surface area contributed by atoms with Crippen LogP contribution in [-0.2, 0) is 6.54 Å². The van der Waals surface area contributed by atoms with Crippen LogP contribution < -0.4 is 4.74 Å². The number of nitrogens with zero attached hydrogens (tertiary/aromatic N) is 1. The predicted molar refractivity (Wildman–Crippen MR) is 79.7 cm³/mol. The maximum absolute atomic E-state index is 5.84. The van der Waals surface area contributed by atoms with E-state index in [2.05, 4.69) is 42.0 Å². The topological polar surface area (TPSA) is 14.2 Å². The van der Waals surface area contributed by atoms with Gasteiger partial charge in [-0.15, -0.1) is 0 Å². The van der Waals surface area contributed by atoms with Crippen molar-refractivity contribution in [1.82, 2.24) is 4.57 Å². The normalized spacial score (nSPS) is 16.3. The number of hydrogen-bond donors (Lipinski definition) is 0. The Morgan fingerprint density at radius 2 is 2.05 bits per heavy atom. The smallest absolute Gasteiger partial charge is 0.128 e. The first-order valence-electron chi connectivity index (χ1n) is 7.59.